The predicted molar refractivity (Wildman–Crippen MR) is 46.8 cm³/mol. The van der Waals surface area contributed by atoms with E-state index < -0.39 is 0 Å². The minimum Gasteiger partial charge on any atom is -0.368 e. The Balaban J connectivity index is 2.18. The predicted octanol–water partition coefficient (Wildman–Crippen LogP) is 0.585. The molecule has 0 bridgehead atoms. The lowest BCUT2D eigenvalue weighted by atomic mass is 10.1. The second kappa shape index (κ2) is 5.55. The highest BCUT2D eigenvalue weighted by Crippen LogP contribution is 2.12. The average Bonchev–Trinajstić information content (AvgIpc) is 2.19. The zero-order chi connectivity index (χ0) is 9.52. The number of nitriles is 1. The van der Waals surface area contributed by atoms with Gasteiger partial charge in [-0.1, -0.05) is 0 Å². The SMILES string of the molecule is N#CCCNC(=O)C1CCCCO1. The fourth-order valence-electron chi connectivity index (χ4n) is 1.30. The minimum absolute atomic E-state index is 0.0741. The number of rotatable bonds is 3. The zero-order valence-electron chi connectivity index (χ0n) is 7.58. The molecule has 0 aromatic rings. The van der Waals surface area contributed by atoms with Crippen molar-refractivity contribution in [3.05, 3.63) is 0 Å². The number of nitrogens with zero attached hydrogens (tertiary/aromatic N) is 1. The van der Waals surface area contributed by atoms with E-state index in [9.17, 15) is 4.79 Å². The summed E-state index contributed by atoms with van der Waals surface area (Å²) < 4.78 is 5.28. The van der Waals surface area contributed by atoms with Gasteiger partial charge in [0.15, 0.2) is 0 Å². The maximum atomic E-state index is 11.3. The topological polar surface area (TPSA) is 62.1 Å². The highest BCUT2D eigenvalue weighted by atomic mass is 16.5. The molecule has 1 unspecified atom stereocenters. The van der Waals surface area contributed by atoms with Crippen LogP contribution >= 0.6 is 0 Å². The van der Waals surface area contributed by atoms with Gasteiger partial charge in [0.2, 0.25) is 5.91 Å². The van der Waals surface area contributed by atoms with Gasteiger partial charge in [-0.05, 0) is 19.3 Å². The summed E-state index contributed by atoms with van der Waals surface area (Å²) >= 11 is 0. The van der Waals surface area contributed by atoms with Crippen LogP contribution in [0.2, 0.25) is 0 Å². The van der Waals surface area contributed by atoms with E-state index in [1.165, 1.54) is 0 Å². The van der Waals surface area contributed by atoms with Crippen molar-refractivity contribution in [2.24, 2.45) is 0 Å². The molecule has 72 valence electrons. The smallest absolute Gasteiger partial charge is 0.249 e. The number of carbonyl (C=O) groups excluding carboxylic acids is 1. The van der Waals surface area contributed by atoms with Gasteiger partial charge in [0, 0.05) is 13.2 Å². The van der Waals surface area contributed by atoms with Crippen LogP contribution in [0.1, 0.15) is 25.7 Å². The van der Waals surface area contributed by atoms with Crippen LogP contribution in [0.5, 0.6) is 0 Å². The van der Waals surface area contributed by atoms with Crippen LogP contribution < -0.4 is 5.32 Å². The average molecular weight is 182 g/mol. The first kappa shape index (κ1) is 10.0. The van der Waals surface area contributed by atoms with Crippen LogP contribution in [-0.2, 0) is 9.53 Å². The molecular weight excluding hydrogens is 168 g/mol. The normalized spacial score (nSPS) is 21.9. The van der Waals surface area contributed by atoms with Crippen LogP contribution in [0.3, 0.4) is 0 Å². The van der Waals surface area contributed by atoms with Crippen LogP contribution in [0.4, 0.5) is 0 Å². The summed E-state index contributed by atoms with van der Waals surface area (Å²) in [5, 5.41) is 10.9. The summed E-state index contributed by atoms with van der Waals surface area (Å²) in [6, 6.07) is 1.97. The number of hydrogen-bond acceptors (Lipinski definition) is 3. The first-order valence-electron chi connectivity index (χ1n) is 4.61. The van der Waals surface area contributed by atoms with E-state index in [1.807, 2.05) is 6.07 Å². The summed E-state index contributed by atoms with van der Waals surface area (Å²) in [5.74, 6) is -0.0741. The Labute approximate surface area is 77.9 Å². The van der Waals surface area contributed by atoms with Gasteiger partial charge in [-0.25, -0.2) is 0 Å². The van der Waals surface area contributed by atoms with Crippen LogP contribution in [0.25, 0.3) is 0 Å². The van der Waals surface area contributed by atoms with E-state index in [4.69, 9.17) is 10.00 Å². The molecule has 1 amide bonds. The highest BCUT2D eigenvalue weighted by molar-refractivity contribution is 5.80. The van der Waals surface area contributed by atoms with Gasteiger partial charge in [-0.15, -0.1) is 0 Å². The Morgan fingerprint density at radius 1 is 1.62 bits per heavy atom. The molecule has 1 saturated heterocycles. The Kier molecular flexibility index (Phi) is 4.27. The molecule has 0 aromatic carbocycles. The molecule has 1 heterocycles. The van der Waals surface area contributed by atoms with Gasteiger partial charge in [0.05, 0.1) is 12.5 Å². The molecule has 1 aliphatic rings. The third-order valence-corrected chi connectivity index (χ3v) is 2.01. The van der Waals surface area contributed by atoms with E-state index in [1.54, 1.807) is 0 Å². The summed E-state index contributed by atoms with van der Waals surface area (Å²) in [5.41, 5.74) is 0. The zero-order valence-corrected chi connectivity index (χ0v) is 7.58. The quantitative estimate of drug-likeness (QED) is 0.649. The third kappa shape index (κ3) is 3.43. The Morgan fingerprint density at radius 3 is 3.08 bits per heavy atom. The molecular formula is C9H14N2O2. The molecule has 1 rings (SSSR count). The van der Waals surface area contributed by atoms with Crippen LogP contribution in [0.15, 0.2) is 0 Å². The fraction of sp³-hybridized carbons (Fsp3) is 0.778. The lowest BCUT2D eigenvalue weighted by molar-refractivity contribution is -0.135. The standard InChI is InChI=1S/C9H14N2O2/c10-5-3-6-11-9(12)8-4-1-2-7-13-8/h8H,1-4,6-7H2,(H,11,12). The molecule has 4 nitrogen and oxygen atoms in total. The Morgan fingerprint density at radius 2 is 2.46 bits per heavy atom. The summed E-state index contributed by atoms with van der Waals surface area (Å²) in [4.78, 5) is 11.3. The van der Waals surface area contributed by atoms with E-state index in [-0.39, 0.29) is 12.0 Å². The van der Waals surface area contributed by atoms with Crippen molar-refractivity contribution >= 4 is 5.91 Å². The first-order chi connectivity index (χ1) is 6.34. The largest absolute Gasteiger partial charge is 0.368 e. The van der Waals surface area contributed by atoms with Crippen molar-refractivity contribution in [3.63, 3.8) is 0 Å². The third-order valence-electron chi connectivity index (χ3n) is 2.01. The van der Waals surface area contributed by atoms with Crippen molar-refractivity contribution in [1.82, 2.24) is 5.32 Å². The Hall–Kier alpha value is -1.08. The minimum atomic E-state index is -0.285. The van der Waals surface area contributed by atoms with Gasteiger partial charge in [0.1, 0.15) is 6.10 Å². The monoisotopic (exact) mass is 182 g/mol. The second-order valence-corrected chi connectivity index (χ2v) is 3.05. The lowest BCUT2D eigenvalue weighted by Crippen LogP contribution is -2.38. The molecule has 4 heteroatoms. The molecule has 0 radical (unpaired) electrons. The molecule has 1 aliphatic heterocycles. The van der Waals surface area contributed by atoms with Crippen molar-refractivity contribution in [1.29, 1.82) is 5.26 Å². The van der Waals surface area contributed by atoms with E-state index >= 15 is 0 Å². The maximum Gasteiger partial charge on any atom is 0.249 e. The highest BCUT2D eigenvalue weighted by Gasteiger charge is 2.20. The molecule has 0 spiro atoms. The number of ether oxygens (including phenoxy) is 1. The molecule has 0 saturated carbocycles. The Bertz CT molecular complexity index is 204. The van der Waals surface area contributed by atoms with Gasteiger partial charge < -0.3 is 10.1 Å². The van der Waals surface area contributed by atoms with Crippen LogP contribution in [0, 0.1) is 11.3 Å². The number of amides is 1. The molecule has 0 aliphatic carbocycles. The van der Waals surface area contributed by atoms with Crippen molar-refractivity contribution < 1.29 is 9.53 Å². The fourth-order valence-corrected chi connectivity index (χ4v) is 1.30. The molecule has 0 aromatic heterocycles. The van der Waals surface area contributed by atoms with Crippen LogP contribution in [-0.4, -0.2) is 25.2 Å². The molecule has 1 N–H and O–H groups in total. The number of hydrogen-bond donors (Lipinski definition) is 1. The maximum absolute atomic E-state index is 11.3. The second-order valence-electron chi connectivity index (χ2n) is 3.05. The van der Waals surface area contributed by atoms with Gasteiger partial charge >= 0.3 is 0 Å². The summed E-state index contributed by atoms with van der Waals surface area (Å²) in [6.45, 7) is 1.10. The van der Waals surface area contributed by atoms with Crippen molar-refractivity contribution in [2.75, 3.05) is 13.2 Å². The summed E-state index contributed by atoms with van der Waals surface area (Å²) in [7, 11) is 0. The van der Waals surface area contributed by atoms with Gasteiger partial charge in [-0.3, -0.25) is 4.79 Å². The molecule has 1 atom stereocenters. The molecule has 13 heavy (non-hydrogen) atoms. The van der Waals surface area contributed by atoms with Crippen molar-refractivity contribution in [2.45, 2.75) is 31.8 Å². The van der Waals surface area contributed by atoms with Gasteiger partial charge in [-0.2, -0.15) is 5.26 Å². The number of nitrogens with one attached hydrogen (secondary N) is 1. The van der Waals surface area contributed by atoms with E-state index in [2.05, 4.69) is 5.32 Å². The van der Waals surface area contributed by atoms with E-state index in [0.29, 0.717) is 19.6 Å². The van der Waals surface area contributed by atoms with Crippen molar-refractivity contribution in [3.8, 4) is 6.07 Å². The summed E-state index contributed by atoms with van der Waals surface area (Å²) in [6.07, 6.45) is 2.97. The molecule has 1 fully saturated rings. The van der Waals surface area contributed by atoms with Gasteiger partial charge in [0.25, 0.3) is 0 Å². The first-order valence-corrected chi connectivity index (χ1v) is 4.61. The van der Waals surface area contributed by atoms with E-state index in [0.717, 1.165) is 19.3 Å². The number of carbonyl (C=O) groups is 1. The lowest BCUT2D eigenvalue weighted by Gasteiger charge is -2.21.